The van der Waals surface area contributed by atoms with E-state index in [1.165, 1.54) is 12.8 Å². The second kappa shape index (κ2) is 4.18. The Morgan fingerprint density at radius 2 is 2.13 bits per heavy atom. The van der Waals surface area contributed by atoms with Crippen molar-refractivity contribution in [2.24, 2.45) is 5.92 Å². The number of hydrogen-bond donors (Lipinski definition) is 1. The second-order valence-electron chi connectivity index (χ2n) is 4.22. The Bertz CT molecular complexity index is 273. The van der Waals surface area contributed by atoms with Gasteiger partial charge in [-0.05, 0) is 18.8 Å². The Hall–Kier alpha value is -1.10. The van der Waals surface area contributed by atoms with E-state index in [0.29, 0.717) is 12.3 Å². The normalized spacial score (nSPS) is 27.6. The maximum absolute atomic E-state index is 11.4. The minimum atomic E-state index is -1.03. The van der Waals surface area contributed by atoms with Crippen molar-refractivity contribution in [3.05, 3.63) is 0 Å². The molecule has 1 unspecified atom stereocenters. The molecule has 2 aliphatic rings. The molecule has 1 amide bonds. The fourth-order valence-electron chi connectivity index (χ4n) is 2.36. The first kappa shape index (κ1) is 10.4. The number of carboxylic acid groups (broad SMARTS) is 1. The van der Waals surface area contributed by atoms with Gasteiger partial charge in [0.2, 0.25) is 5.91 Å². The number of carbonyl (C=O) groups is 2. The molecule has 1 aliphatic carbocycles. The van der Waals surface area contributed by atoms with E-state index >= 15 is 0 Å². The van der Waals surface area contributed by atoms with Gasteiger partial charge in [0.1, 0.15) is 6.54 Å². The van der Waals surface area contributed by atoms with Gasteiger partial charge in [0.25, 0.3) is 0 Å². The molecule has 0 aromatic carbocycles. The number of hydroxylamine groups is 2. The van der Waals surface area contributed by atoms with Crippen molar-refractivity contribution < 1.29 is 19.5 Å². The van der Waals surface area contributed by atoms with Gasteiger partial charge < -0.3 is 5.11 Å². The predicted octanol–water partition coefficient (Wildman–Crippen LogP) is 0.794. The summed E-state index contributed by atoms with van der Waals surface area (Å²) >= 11 is 0. The van der Waals surface area contributed by atoms with Crippen molar-refractivity contribution in [1.82, 2.24) is 5.06 Å². The smallest absolute Gasteiger partial charge is 0.325 e. The van der Waals surface area contributed by atoms with Crippen LogP contribution >= 0.6 is 0 Å². The standard InChI is InChI=1S/C10H15NO4/c12-9-5-8(7-3-1-2-4-7)15-11(9)6-10(13)14/h7-8H,1-6H2,(H,13,14). The Balaban J connectivity index is 1.90. The zero-order valence-corrected chi connectivity index (χ0v) is 8.52. The minimum Gasteiger partial charge on any atom is -0.480 e. The monoisotopic (exact) mass is 213 g/mol. The van der Waals surface area contributed by atoms with Crippen molar-refractivity contribution in [1.29, 1.82) is 0 Å². The van der Waals surface area contributed by atoms with Crippen LogP contribution < -0.4 is 0 Å². The van der Waals surface area contributed by atoms with Gasteiger partial charge in [-0.25, -0.2) is 5.06 Å². The molecule has 2 rings (SSSR count). The number of carboxylic acids is 1. The van der Waals surface area contributed by atoms with Crippen LogP contribution in [0.2, 0.25) is 0 Å². The summed E-state index contributed by atoms with van der Waals surface area (Å²) in [7, 11) is 0. The minimum absolute atomic E-state index is 0.0839. The first-order valence-electron chi connectivity index (χ1n) is 5.36. The molecule has 0 aromatic heterocycles. The highest BCUT2D eigenvalue weighted by atomic mass is 16.7. The van der Waals surface area contributed by atoms with Crippen LogP contribution in [0.15, 0.2) is 0 Å². The van der Waals surface area contributed by atoms with Crippen LogP contribution in [0.3, 0.4) is 0 Å². The second-order valence-corrected chi connectivity index (χ2v) is 4.22. The summed E-state index contributed by atoms with van der Waals surface area (Å²) in [5, 5.41) is 9.56. The first-order valence-corrected chi connectivity index (χ1v) is 5.36. The van der Waals surface area contributed by atoms with Gasteiger partial charge in [0.15, 0.2) is 0 Å². The molecular formula is C10H15NO4. The zero-order valence-electron chi connectivity index (χ0n) is 8.52. The summed E-state index contributed by atoms with van der Waals surface area (Å²) in [6, 6.07) is 0. The third kappa shape index (κ3) is 2.28. The Morgan fingerprint density at radius 3 is 2.73 bits per heavy atom. The quantitative estimate of drug-likeness (QED) is 0.752. The molecule has 5 heteroatoms. The lowest BCUT2D eigenvalue weighted by Crippen LogP contribution is -2.30. The molecule has 5 nitrogen and oxygen atoms in total. The van der Waals surface area contributed by atoms with Crippen LogP contribution in [0, 0.1) is 5.92 Å². The number of amides is 1. The average Bonchev–Trinajstić information content (AvgIpc) is 2.75. The van der Waals surface area contributed by atoms with Gasteiger partial charge in [-0.1, -0.05) is 12.8 Å². The fourth-order valence-corrected chi connectivity index (χ4v) is 2.36. The summed E-state index contributed by atoms with van der Waals surface area (Å²) in [5.41, 5.74) is 0. The number of nitrogens with zero attached hydrogens (tertiary/aromatic N) is 1. The van der Waals surface area contributed by atoms with Gasteiger partial charge in [-0.3, -0.25) is 14.4 Å². The van der Waals surface area contributed by atoms with Gasteiger partial charge in [-0.2, -0.15) is 0 Å². The third-order valence-electron chi connectivity index (χ3n) is 3.12. The molecule has 2 fully saturated rings. The van der Waals surface area contributed by atoms with Crippen molar-refractivity contribution in [3.8, 4) is 0 Å². The van der Waals surface area contributed by atoms with E-state index < -0.39 is 5.97 Å². The Labute approximate surface area is 88.0 Å². The number of aliphatic carboxylic acids is 1. The molecule has 0 aromatic rings. The lowest BCUT2D eigenvalue weighted by atomic mass is 9.99. The average molecular weight is 213 g/mol. The highest BCUT2D eigenvalue weighted by Crippen LogP contribution is 2.33. The number of carbonyl (C=O) groups excluding carboxylic acids is 1. The van der Waals surface area contributed by atoms with Crippen LogP contribution in [0.4, 0.5) is 0 Å². The van der Waals surface area contributed by atoms with Gasteiger partial charge in [-0.15, -0.1) is 0 Å². The summed E-state index contributed by atoms with van der Waals surface area (Å²) < 4.78 is 0. The third-order valence-corrected chi connectivity index (χ3v) is 3.12. The molecule has 1 aliphatic heterocycles. The van der Waals surface area contributed by atoms with Crippen LogP contribution in [0.25, 0.3) is 0 Å². The van der Waals surface area contributed by atoms with E-state index in [2.05, 4.69) is 0 Å². The summed E-state index contributed by atoms with van der Waals surface area (Å²) in [6.07, 6.45) is 4.84. The summed E-state index contributed by atoms with van der Waals surface area (Å²) in [4.78, 5) is 27.2. The lowest BCUT2D eigenvalue weighted by molar-refractivity contribution is -0.186. The lowest BCUT2D eigenvalue weighted by Gasteiger charge is -2.18. The summed E-state index contributed by atoms with van der Waals surface area (Å²) in [6.45, 7) is -0.345. The van der Waals surface area contributed by atoms with Crippen molar-refractivity contribution in [2.75, 3.05) is 6.54 Å². The predicted molar refractivity (Wildman–Crippen MR) is 50.8 cm³/mol. The molecular weight excluding hydrogens is 198 g/mol. The van der Waals surface area contributed by atoms with Gasteiger partial charge in [0.05, 0.1) is 12.5 Å². The highest BCUT2D eigenvalue weighted by molar-refractivity contribution is 5.81. The maximum atomic E-state index is 11.4. The number of hydrogen-bond acceptors (Lipinski definition) is 3. The van der Waals surface area contributed by atoms with Crippen LogP contribution in [-0.4, -0.2) is 34.7 Å². The molecule has 0 spiro atoms. The van der Waals surface area contributed by atoms with E-state index in [4.69, 9.17) is 9.94 Å². The topological polar surface area (TPSA) is 66.8 Å². The Kier molecular flexibility index (Phi) is 2.90. The molecule has 0 bridgehead atoms. The molecule has 1 heterocycles. The van der Waals surface area contributed by atoms with Crippen molar-refractivity contribution >= 4 is 11.9 Å². The van der Waals surface area contributed by atoms with Crippen LogP contribution in [0.1, 0.15) is 32.1 Å². The molecule has 1 N–H and O–H groups in total. The summed E-state index contributed by atoms with van der Waals surface area (Å²) in [5.74, 6) is -0.794. The first-order chi connectivity index (χ1) is 7.16. The van der Waals surface area contributed by atoms with E-state index in [0.717, 1.165) is 17.9 Å². The number of rotatable bonds is 3. The Morgan fingerprint density at radius 1 is 1.47 bits per heavy atom. The van der Waals surface area contributed by atoms with Gasteiger partial charge in [0, 0.05) is 0 Å². The van der Waals surface area contributed by atoms with E-state index in [1.807, 2.05) is 0 Å². The zero-order chi connectivity index (χ0) is 10.8. The molecule has 84 valence electrons. The molecule has 1 saturated heterocycles. The van der Waals surface area contributed by atoms with E-state index in [1.54, 1.807) is 0 Å². The molecule has 1 saturated carbocycles. The van der Waals surface area contributed by atoms with Crippen LogP contribution in [0.5, 0.6) is 0 Å². The van der Waals surface area contributed by atoms with E-state index in [-0.39, 0.29) is 18.6 Å². The van der Waals surface area contributed by atoms with Crippen molar-refractivity contribution in [3.63, 3.8) is 0 Å². The highest BCUT2D eigenvalue weighted by Gasteiger charge is 2.38. The maximum Gasteiger partial charge on any atom is 0.325 e. The largest absolute Gasteiger partial charge is 0.480 e. The van der Waals surface area contributed by atoms with E-state index in [9.17, 15) is 9.59 Å². The van der Waals surface area contributed by atoms with Crippen LogP contribution in [-0.2, 0) is 14.4 Å². The van der Waals surface area contributed by atoms with Gasteiger partial charge >= 0.3 is 5.97 Å². The molecule has 0 radical (unpaired) electrons. The molecule has 1 atom stereocenters. The SMILES string of the molecule is O=C(O)CN1OC(C2CCCC2)CC1=O. The van der Waals surface area contributed by atoms with Crippen molar-refractivity contribution in [2.45, 2.75) is 38.2 Å². The fraction of sp³-hybridized carbons (Fsp3) is 0.800. The molecule has 15 heavy (non-hydrogen) atoms.